The van der Waals surface area contributed by atoms with E-state index >= 15 is 0 Å². The van der Waals surface area contributed by atoms with Crippen LogP contribution in [0.5, 0.6) is 0 Å². The number of amides is 2. The van der Waals surface area contributed by atoms with E-state index in [0.29, 0.717) is 13.1 Å². The van der Waals surface area contributed by atoms with Crippen LogP contribution in [0.3, 0.4) is 0 Å². The van der Waals surface area contributed by atoms with E-state index in [1.54, 1.807) is 23.3 Å². The van der Waals surface area contributed by atoms with Crippen molar-refractivity contribution in [3.63, 3.8) is 0 Å². The van der Waals surface area contributed by atoms with Gasteiger partial charge in [-0.05, 0) is 34.0 Å². The molecule has 0 bridgehead atoms. The quantitative estimate of drug-likeness (QED) is 0.563. The zero-order valence-corrected chi connectivity index (χ0v) is 15.6. The molecule has 0 atom stereocenters. The lowest BCUT2D eigenvalue weighted by molar-refractivity contribution is 0.240. The van der Waals surface area contributed by atoms with E-state index in [9.17, 15) is 4.79 Å². The molecule has 6 nitrogen and oxygen atoms in total. The van der Waals surface area contributed by atoms with Crippen molar-refractivity contribution in [3.8, 4) is 11.3 Å². The summed E-state index contributed by atoms with van der Waals surface area (Å²) in [6.45, 7) is 0.876. The van der Waals surface area contributed by atoms with E-state index < -0.39 is 0 Å². The van der Waals surface area contributed by atoms with Gasteiger partial charge in [0.2, 0.25) is 0 Å². The van der Waals surface area contributed by atoms with Crippen LogP contribution < -0.4 is 10.6 Å². The molecule has 0 spiro atoms. The van der Waals surface area contributed by atoms with Crippen molar-refractivity contribution in [2.75, 3.05) is 0 Å². The summed E-state index contributed by atoms with van der Waals surface area (Å²) in [6, 6.07) is 18.0. The Hall–Kier alpha value is -3.67. The van der Waals surface area contributed by atoms with Gasteiger partial charge in [0.25, 0.3) is 0 Å². The highest BCUT2D eigenvalue weighted by atomic mass is 16.2. The molecule has 0 saturated carbocycles. The second-order valence-corrected chi connectivity index (χ2v) is 6.60. The van der Waals surface area contributed by atoms with E-state index in [2.05, 4.69) is 38.9 Å². The number of rotatable bonds is 5. The molecular weight excluding hydrogens is 350 g/mol. The summed E-state index contributed by atoms with van der Waals surface area (Å²) in [6.07, 6.45) is 5.30. The van der Waals surface area contributed by atoms with Crippen LogP contribution in [0.25, 0.3) is 22.0 Å². The van der Waals surface area contributed by atoms with Gasteiger partial charge in [-0.3, -0.25) is 9.67 Å². The maximum absolute atomic E-state index is 12.2. The Labute approximate surface area is 163 Å². The van der Waals surface area contributed by atoms with Crippen molar-refractivity contribution in [1.82, 2.24) is 25.4 Å². The van der Waals surface area contributed by atoms with Gasteiger partial charge in [0.05, 0.1) is 5.69 Å². The van der Waals surface area contributed by atoms with E-state index in [4.69, 9.17) is 0 Å². The Morgan fingerprint density at radius 2 is 1.82 bits per heavy atom. The second kappa shape index (κ2) is 7.92. The third kappa shape index (κ3) is 3.86. The number of hydrogen-bond acceptors (Lipinski definition) is 3. The number of nitrogens with zero attached hydrogens (tertiary/aromatic N) is 3. The molecule has 2 heterocycles. The van der Waals surface area contributed by atoms with Gasteiger partial charge in [0.15, 0.2) is 0 Å². The fraction of sp³-hybridized carbons (Fsp3) is 0.136. The molecule has 6 heteroatoms. The first kappa shape index (κ1) is 17.7. The molecule has 140 valence electrons. The van der Waals surface area contributed by atoms with E-state index in [0.717, 1.165) is 27.8 Å². The van der Waals surface area contributed by atoms with E-state index in [1.165, 1.54) is 5.39 Å². The molecule has 0 aliphatic rings. The van der Waals surface area contributed by atoms with E-state index in [-0.39, 0.29) is 6.03 Å². The number of urea groups is 1. The van der Waals surface area contributed by atoms with Crippen LogP contribution in [0.4, 0.5) is 4.79 Å². The molecule has 2 aromatic carbocycles. The molecule has 4 rings (SSSR count). The minimum Gasteiger partial charge on any atom is -0.334 e. The molecule has 2 amide bonds. The Morgan fingerprint density at radius 1 is 1.00 bits per heavy atom. The summed E-state index contributed by atoms with van der Waals surface area (Å²) in [5, 5.41) is 12.3. The molecule has 2 N–H and O–H groups in total. The van der Waals surface area contributed by atoms with Crippen LogP contribution in [-0.2, 0) is 20.1 Å². The molecule has 0 unspecified atom stereocenters. The standard InChI is InChI=1S/C22H21N5O/c1-27-21(9-10-26-27)19-11-16(12-23-14-19)13-24-22(28)25-15-18-7-4-6-17-5-2-3-8-20(17)18/h2-12,14H,13,15H2,1H3,(H2,24,25,28). The molecular formula is C22H21N5O. The molecule has 0 saturated heterocycles. The highest BCUT2D eigenvalue weighted by Gasteiger charge is 2.06. The number of aromatic nitrogens is 3. The average Bonchev–Trinajstić information content (AvgIpc) is 3.17. The normalized spacial score (nSPS) is 10.8. The summed E-state index contributed by atoms with van der Waals surface area (Å²) < 4.78 is 1.80. The van der Waals surface area contributed by atoms with Crippen molar-refractivity contribution < 1.29 is 4.79 Å². The second-order valence-electron chi connectivity index (χ2n) is 6.60. The highest BCUT2D eigenvalue weighted by molar-refractivity contribution is 5.86. The van der Waals surface area contributed by atoms with Gasteiger partial charge in [-0.15, -0.1) is 0 Å². The Kier molecular flexibility index (Phi) is 5.01. The predicted molar refractivity (Wildman–Crippen MR) is 109 cm³/mol. The molecule has 0 aliphatic heterocycles. The maximum atomic E-state index is 12.2. The SMILES string of the molecule is Cn1nccc1-c1cncc(CNC(=O)NCc2cccc3ccccc23)c1. The van der Waals surface area contributed by atoms with Crippen LogP contribution in [0.2, 0.25) is 0 Å². The lowest BCUT2D eigenvalue weighted by atomic mass is 10.0. The Morgan fingerprint density at radius 3 is 2.68 bits per heavy atom. The fourth-order valence-electron chi connectivity index (χ4n) is 3.25. The van der Waals surface area contributed by atoms with Gasteiger partial charge in [-0.2, -0.15) is 5.10 Å². The zero-order valence-electron chi connectivity index (χ0n) is 15.6. The summed E-state index contributed by atoms with van der Waals surface area (Å²) in [5.74, 6) is 0. The molecule has 28 heavy (non-hydrogen) atoms. The van der Waals surface area contributed by atoms with Crippen molar-refractivity contribution in [3.05, 3.63) is 84.3 Å². The smallest absolute Gasteiger partial charge is 0.315 e. The van der Waals surface area contributed by atoms with Crippen molar-refractivity contribution >= 4 is 16.8 Å². The van der Waals surface area contributed by atoms with Gasteiger partial charge >= 0.3 is 6.03 Å². The summed E-state index contributed by atoms with van der Waals surface area (Å²) in [7, 11) is 1.89. The third-order valence-electron chi connectivity index (χ3n) is 4.68. The van der Waals surface area contributed by atoms with Crippen molar-refractivity contribution in [2.24, 2.45) is 7.05 Å². The first-order valence-corrected chi connectivity index (χ1v) is 9.11. The average molecular weight is 371 g/mol. The van der Waals surface area contributed by atoms with Crippen LogP contribution in [0.15, 0.2) is 73.2 Å². The maximum Gasteiger partial charge on any atom is 0.315 e. The van der Waals surface area contributed by atoms with Crippen molar-refractivity contribution in [1.29, 1.82) is 0 Å². The lowest BCUT2D eigenvalue weighted by Gasteiger charge is -2.10. The first-order valence-electron chi connectivity index (χ1n) is 9.11. The highest BCUT2D eigenvalue weighted by Crippen LogP contribution is 2.19. The topological polar surface area (TPSA) is 71.8 Å². The van der Waals surface area contributed by atoms with Crippen LogP contribution >= 0.6 is 0 Å². The summed E-state index contributed by atoms with van der Waals surface area (Å²) in [4.78, 5) is 16.5. The van der Waals surface area contributed by atoms with Gasteiger partial charge in [-0.1, -0.05) is 42.5 Å². The monoisotopic (exact) mass is 371 g/mol. The fourth-order valence-corrected chi connectivity index (χ4v) is 3.25. The van der Waals surface area contributed by atoms with Gasteiger partial charge < -0.3 is 10.6 Å². The molecule has 0 aliphatic carbocycles. The first-order chi connectivity index (χ1) is 13.7. The summed E-state index contributed by atoms with van der Waals surface area (Å²) >= 11 is 0. The number of aryl methyl sites for hydroxylation is 1. The molecule has 4 aromatic rings. The van der Waals surface area contributed by atoms with Crippen molar-refractivity contribution in [2.45, 2.75) is 13.1 Å². The number of benzene rings is 2. The summed E-state index contributed by atoms with van der Waals surface area (Å²) in [5.41, 5.74) is 3.97. The Balaban J connectivity index is 1.37. The van der Waals surface area contributed by atoms with Crippen LogP contribution in [0, 0.1) is 0 Å². The number of carbonyl (C=O) groups excluding carboxylic acids is 1. The van der Waals surface area contributed by atoms with Crippen LogP contribution in [0.1, 0.15) is 11.1 Å². The predicted octanol–water partition coefficient (Wildman–Crippen LogP) is 3.63. The molecule has 2 aromatic heterocycles. The minimum atomic E-state index is -0.209. The van der Waals surface area contributed by atoms with Gasteiger partial charge in [0.1, 0.15) is 0 Å². The number of carbonyl (C=O) groups is 1. The van der Waals surface area contributed by atoms with Gasteiger partial charge in [-0.25, -0.2) is 4.79 Å². The van der Waals surface area contributed by atoms with E-state index in [1.807, 2.05) is 43.4 Å². The minimum absolute atomic E-state index is 0.209. The number of pyridine rings is 1. The largest absolute Gasteiger partial charge is 0.334 e. The number of nitrogens with one attached hydrogen (secondary N) is 2. The third-order valence-corrected chi connectivity index (χ3v) is 4.68. The number of fused-ring (bicyclic) bond motifs is 1. The number of hydrogen-bond donors (Lipinski definition) is 2. The zero-order chi connectivity index (χ0) is 19.3. The van der Waals surface area contributed by atoms with Gasteiger partial charge in [0, 0.05) is 44.3 Å². The Bertz CT molecular complexity index is 1110. The molecule has 0 radical (unpaired) electrons. The van der Waals surface area contributed by atoms with Crippen LogP contribution in [-0.4, -0.2) is 20.8 Å². The molecule has 0 fully saturated rings. The lowest BCUT2D eigenvalue weighted by Crippen LogP contribution is -2.34.